The second kappa shape index (κ2) is 10.1. The van der Waals surface area contributed by atoms with Crippen LogP contribution in [0.3, 0.4) is 0 Å². The zero-order chi connectivity index (χ0) is 25.2. The van der Waals surface area contributed by atoms with Crippen LogP contribution < -0.4 is 10.2 Å². The minimum atomic E-state index is -3.56. The number of rotatable bonds is 6. The molecule has 2 aliphatic rings. The van der Waals surface area contributed by atoms with Crippen LogP contribution in [0.2, 0.25) is 0 Å². The second-order valence-corrected chi connectivity index (χ2v) is 12.1. The summed E-state index contributed by atoms with van der Waals surface area (Å²) >= 11 is 0. The van der Waals surface area contributed by atoms with Crippen LogP contribution in [0.15, 0.2) is 53.4 Å². The maximum atomic E-state index is 13.1. The molecule has 0 aliphatic carbocycles. The second-order valence-electron chi connectivity index (χ2n) is 10.2. The Morgan fingerprint density at radius 3 is 2.09 bits per heavy atom. The number of hydrogen-bond acceptors (Lipinski definition) is 5. The summed E-state index contributed by atoms with van der Waals surface area (Å²) in [6, 6.07) is 14.4. The number of sulfonamides is 1. The average Bonchev–Trinajstić information content (AvgIpc) is 3.25. The van der Waals surface area contributed by atoms with Crippen LogP contribution >= 0.6 is 0 Å². The van der Waals surface area contributed by atoms with Crippen molar-refractivity contribution < 1.29 is 18.0 Å². The lowest BCUT2D eigenvalue weighted by Gasteiger charge is -2.33. The van der Waals surface area contributed by atoms with Gasteiger partial charge in [-0.2, -0.15) is 4.31 Å². The van der Waals surface area contributed by atoms with Gasteiger partial charge in [-0.3, -0.25) is 14.5 Å². The first-order valence-corrected chi connectivity index (χ1v) is 13.5. The Kier molecular flexibility index (Phi) is 7.30. The van der Waals surface area contributed by atoms with Crippen molar-refractivity contribution >= 4 is 33.2 Å². The highest BCUT2D eigenvalue weighted by Gasteiger charge is 2.29. The van der Waals surface area contributed by atoms with Crippen LogP contribution in [-0.4, -0.2) is 68.7 Å². The number of anilines is 2. The normalized spacial score (nSPS) is 18.1. The highest BCUT2D eigenvalue weighted by Crippen LogP contribution is 2.25. The minimum absolute atomic E-state index is 0.0382. The number of hydrogen-bond donors (Lipinski definition) is 1. The third-order valence-corrected chi connectivity index (χ3v) is 8.51. The zero-order valence-electron chi connectivity index (χ0n) is 20.7. The van der Waals surface area contributed by atoms with Gasteiger partial charge in [-0.25, -0.2) is 8.42 Å². The summed E-state index contributed by atoms with van der Waals surface area (Å²) in [5.41, 5.74) is 2.57. The van der Waals surface area contributed by atoms with Gasteiger partial charge in [0.2, 0.25) is 21.8 Å². The van der Waals surface area contributed by atoms with Crippen molar-refractivity contribution in [3.63, 3.8) is 0 Å². The van der Waals surface area contributed by atoms with Crippen LogP contribution in [-0.2, 0) is 25.0 Å². The molecule has 2 aromatic carbocycles. The Bertz CT molecular complexity index is 1160. The predicted octanol–water partition coefficient (Wildman–Crippen LogP) is 3.06. The van der Waals surface area contributed by atoms with Crippen molar-refractivity contribution in [2.45, 2.75) is 43.9 Å². The van der Waals surface area contributed by atoms with Crippen molar-refractivity contribution in [1.82, 2.24) is 9.21 Å². The predicted molar refractivity (Wildman–Crippen MR) is 137 cm³/mol. The Labute approximate surface area is 207 Å². The molecular formula is C26H34N4O4S. The number of amides is 2. The van der Waals surface area contributed by atoms with Crippen LogP contribution in [0.25, 0.3) is 0 Å². The van der Waals surface area contributed by atoms with Gasteiger partial charge in [0.05, 0.1) is 11.4 Å². The monoisotopic (exact) mass is 498 g/mol. The smallest absolute Gasteiger partial charge is 0.243 e. The van der Waals surface area contributed by atoms with Gasteiger partial charge in [-0.15, -0.1) is 0 Å². The molecule has 4 rings (SSSR count). The largest absolute Gasteiger partial charge is 0.325 e. The van der Waals surface area contributed by atoms with E-state index in [2.05, 4.69) is 26.1 Å². The van der Waals surface area contributed by atoms with Gasteiger partial charge >= 0.3 is 0 Å². The number of carbonyl (C=O) groups excluding carboxylic acids is 2. The summed E-state index contributed by atoms with van der Waals surface area (Å²) in [4.78, 5) is 28.4. The number of carbonyl (C=O) groups is 2. The number of nitrogens with one attached hydrogen (secondary N) is 1. The van der Waals surface area contributed by atoms with E-state index in [0.717, 1.165) is 24.2 Å². The van der Waals surface area contributed by atoms with Gasteiger partial charge in [-0.05, 0) is 53.8 Å². The topological polar surface area (TPSA) is 90.0 Å². The van der Waals surface area contributed by atoms with E-state index in [0.29, 0.717) is 43.2 Å². The molecule has 188 valence electrons. The molecule has 2 heterocycles. The third kappa shape index (κ3) is 5.91. The van der Waals surface area contributed by atoms with Crippen molar-refractivity contribution in [3.8, 4) is 0 Å². The summed E-state index contributed by atoms with van der Waals surface area (Å²) in [5, 5.41) is 2.89. The van der Waals surface area contributed by atoms with E-state index in [1.54, 1.807) is 29.2 Å². The van der Waals surface area contributed by atoms with Gasteiger partial charge in [0.25, 0.3) is 0 Å². The molecule has 2 aliphatic heterocycles. The molecule has 2 fully saturated rings. The van der Waals surface area contributed by atoms with E-state index in [1.807, 2.05) is 29.2 Å². The average molecular weight is 499 g/mol. The molecule has 0 unspecified atom stereocenters. The van der Waals surface area contributed by atoms with Gasteiger partial charge in [-0.1, -0.05) is 32.9 Å². The molecule has 2 amide bonds. The van der Waals surface area contributed by atoms with E-state index in [9.17, 15) is 18.0 Å². The molecule has 9 heteroatoms. The molecule has 0 spiro atoms. The maximum Gasteiger partial charge on any atom is 0.243 e. The van der Waals surface area contributed by atoms with Gasteiger partial charge in [0.1, 0.15) is 0 Å². The SMILES string of the molecule is CC(C)(C)c1ccc(S(=O)(=O)N2CCN(CC(=O)Nc3ccc(N4CCCC4=O)cc3)CC2)cc1. The van der Waals surface area contributed by atoms with Gasteiger partial charge in [0, 0.05) is 50.5 Å². The number of piperazine rings is 1. The van der Waals surface area contributed by atoms with Crippen LogP contribution in [0.5, 0.6) is 0 Å². The molecule has 35 heavy (non-hydrogen) atoms. The van der Waals surface area contributed by atoms with Gasteiger partial charge in [0.15, 0.2) is 0 Å². The lowest BCUT2D eigenvalue weighted by atomic mass is 9.87. The molecule has 2 saturated heterocycles. The summed E-state index contributed by atoms with van der Waals surface area (Å²) in [7, 11) is -3.56. The summed E-state index contributed by atoms with van der Waals surface area (Å²) in [5.74, 6) is -0.0195. The van der Waals surface area contributed by atoms with Crippen LogP contribution in [0.1, 0.15) is 39.2 Å². The fraction of sp³-hybridized carbons (Fsp3) is 0.462. The molecule has 0 atom stereocenters. The fourth-order valence-electron chi connectivity index (χ4n) is 4.45. The maximum absolute atomic E-state index is 13.1. The molecule has 0 radical (unpaired) electrons. The summed E-state index contributed by atoms with van der Waals surface area (Å²) in [6.07, 6.45) is 1.45. The molecule has 8 nitrogen and oxygen atoms in total. The molecule has 0 saturated carbocycles. The Morgan fingerprint density at radius 2 is 1.54 bits per heavy atom. The van der Waals surface area contributed by atoms with E-state index in [4.69, 9.17) is 0 Å². The first kappa shape index (κ1) is 25.3. The Morgan fingerprint density at radius 1 is 0.914 bits per heavy atom. The Hall–Kier alpha value is -2.75. The van der Waals surface area contributed by atoms with E-state index in [1.165, 1.54) is 4.31 Å². The minimum Gasteiger partial charge on any atom is -0.325 e. The van der Waals surface area contributed by atoms with Gasteiger partial charge < -0.3 is 10.2 Å². The molecule has 0 aromatic heterocycles. The molecule has 1 N–H and O–H groups in total. The van der Waals surface area contributed by atoms with E-state index < -0.39 is 10.0 Å². The van der Waals surface area contributed by atoms with E-state index in [-0.39, 0.29) is 23.8 Å². The highest BCUT2D eigenvalue weighted by atomic mass is 32.2. The standard InChI is InChI=1S/C26H34N4O4S/c1-26(2,3)20-6-12-23(13-7-20)35(33,34)29-17-15-28(16-18-29)19-24(31)27-21-8-10-22(11-9-21)30-14-4-5-25(30)32/h6-13H,4-5,14-19H2,1-3H3,(H,27,31). The van der Waals surface area contributed by atoms with Crippen molar-refractivity contribution in [2.75, 3.05) is 49.5 Å². The van der Waals surface area contributed by atoms with Crippen LogP contribution in [0, 0.1) is 0 Å². The molecular weight excluding hydrogens is 464 g/mol. The van der Waals surface area contributed by atoms with Crippen molar-refractivity contribution in [1.29, 1.82) is 0 Å². The quantitative estimate of drug-likeness (QED) is 0.661. The molecule has 0 bridgehead atoms. The summed E-state index contributed by atoms with van der Waals surface area (Å²) in [6.45, 7) is 8.87. The van der Waals surface area contributed by atoms with Crippen molar-refractivity contribution in [2.24, 2.45) is 0 Å². The molecule has 2 aromatic rings. The van der Waals surface area contributed by atoms with E-state index >= 15 is 0 Å². The van der Waals surface area contributed by atoms with Crippen LogP contribution in [0.4, 0.5) is 11.4 Å². The third-order valence-electron chi connectivity index (χ3n) is 6.59. The summed E-state index contributed by atoms with van der Waals surface area (Å²) < 4.78 is 27.6. The highest BCUT2D eigenvalue weighted by molar-refractivity contribution is 7.89. The van der Waals surface area contributed by atoms with Crippen molar-refractivity contribution in [3.05, 3.63) is 54.1 Å². The fourth-order valence-corrected chi connectivity index (χ4v) is 5.88. The lowest BCUT2D eigenvalue weighted by Crippen LogP contribution is -2.50. The zero-order valence-corrected chi connectivity index (χ0v) is 21.5. The number of nitrogens with zero attached hydrogens (tertiary/aromatic N) is 3. The lowest BCUT2D eigenvalue weighted by molar-refractivity contribution is -0.118. The first-order chi connectivity index (χ1) is 16.5. The Balaban J connectivity index is 1.28. The number of benzene rings is 2. The first-order valence-electron chi connectivity index (χ1n) is 12.1.